The predicted octanol–water partition coefficient (Wildman–Crippen LogP) is 3.58. The summed E-state index contributed by atoms with van der Waals surface area (Å²) in [4.78, 5) is 24.7. The number of carbonyl (C=O) groups is 2. The van der Waals surface area contributed by atoms with Crippen LogP contribution in [-0.2, 0) is 9.53 Å². The standard InChI is InChI=1S/C20H31NO5/c1-7-11-20(4,19(23)25-6)21-18(22)15-8-9-16(17(13-15)24-5)26-12-10-14(2)3/h8-9,13-14H,7,10-12H2,1-6H3,(H,21,22). The van der Waals surface area contributed by atoms with Gasteiger partial charge in [-0.2, -0.15) is 0 Å². The van der Waals surface area contributed by atoms with Crippen LogP contribution in [0.1, 0.15) is 57.3 Å². The third-order valence-corrected chi connectivity index (χ3v) is 4.15. The summed E-state index contributed by atoms with van der Waals surface area (Å²) in [6.45, 7) is 8.45. The molecule has 1 amide bonds. The van der Waals surface area contributed by atoms with Crippen molar-refractivity contribution >= 4 is 11.9 Å². The lowest BCUT2D eigenvalue weighted by atomic mass is 9.95. The number of carbonyl (C=O) groups excluding carboxylic acids is 2. The van der Waals surface area contributed by atoms with Gasteiger partial charge in [-0.25, -0.2) is 4.79 Å². The van der Waals surface area contributed by atoms with Crippen molar-refractivity contribution in [1.29, 1.82) is 0 Å². The molecule has 0 aliphatic carbocycles. The highest BCUT2D eigenvalue weighted by atomic mass is 16.5. The Hall–Kier alpha value is -2.24. The lowest BCUT2D eigenvalue weighted by molar-refractivity contribution is -0.147. The summed E-state index contributed by atoms with van der Waals surface area (Å²) in [5, 5.41) is 2.78. The van der Waals surface area contributed by atoms with Gasteiger partial charge in [0.25, 0.3) is 5.91 Å². The Balaban J connectivity index is 2.93. The number of nitrogens with one attached hydrogen (secondary N) is 1. The van der Waals surface area contributed by atoms with Crippen LogP contribution in [0.2, 0.25) is 0 Å². The van der Waals surface area contributed by atoms with Crippen molar-refractivity contribution in [3.8, 4) is 11.5 Å². The third kappa shape index (κ3) is 5.93. The zero-order chi connectivity index (χ0) is 19.7. The molecule has 0 aliphatic heterocycles. The van der Waals surface area contributed by atoms with Gasteiger partial charge in [0.1, 0.15) is 5.54 Å². The molecule has 26 heavy (non-hydrogen) atoms. The average Bonchev–Trinajstić information content (AvgIpc) is 2.60. The fraction of sp³-hybridized carbons (Fsp3) is 0.600. The molecule has 0 spiro atoms. The Kier molecular flexibility index (Phi) is 8.42. The highest BCUT2D eigenvalue weighted by Crippen LogP contribution is 2.29. The number of esters is 1. The van der Waals surface area contributed by atoms with E-state index in [0.717, 1.165) is 12.8 Å². The molecule has 0 saturated heterocycles. The van der Waals surface area contributed by atoms with E-state index in [1.807, 2.05) is 6.92 Å². The minimum Gasteiger partial charge on any atom is -0.493 e. The number of hydrogen-bond donors (Lipinski definition) is 1. The van der Waals surface area contributed by atoms with Crippen molar-refractivity contribution in [2.75, 3.05) is 20.8 Å². The summed E-state index contributed by atoms with van der Waals surface area (Å²) < 4.78 is 15.9. The van der Waals surface area contributed by atoms with E-state index in [1.165, 1.54) is 14.2 Å². The summed E-state index contributed by atoms with van der Waals surface area (Å²) in [5.41, 5.74) is -0.676. The van der Waals surface area contributed by atoms with E-state index < -0.39 is 11.5 Å². The van der Waals surface area contributed by atoms with Crippen LogP contribution in [0.3, 0.4) is 0 Å². The molecule has 1 aromatic carbocycles. The van der Waals surface area contributed by atoms with Gasteiger partial charge in [-0.15, -0.1) is 0 Å². The highest BCUT2D eigenvalue weighted by Gasteiger charge is 2.35. The third-order valence-electron chi connectivity index (χ3n) is 4.15. The molecule has 1 aromatic rings. The minimum absolute atomic E-state index is 0.363. The molecule has 0 heterocycles. The quantitative estimate of drug-likeness (QED) is 0.642. The molecular formula is C20H31NO5. The lowest BCUT2D eigenvalue weighted by Gasteiger charge is -2.27. The Morgan fingerprint density at radius 3 is 2.42 bits per heavy atom. The van der Waals surface area contributed by atoms with Crippen molar-refractivity contribution in [3.63, 3.8) is 0 Å². The first-order valence-corrected chi connectivity index (χ1v) is 8.99. The van der Waals surface area contributed by atoms with E-state index in [0.29, 0.717) is 36.0 Å². The monoisotopic (exact) mass is 365 g/mol. The van der Waals surface area contributed by atoms with E-state index in [-0.39, 0.29) is 5.91 Å². The Morgan fingerprint density at radius 1 is 1.19 bits per heavy atom. The molecule has 0 radical (unpaired) electrons. The highest BCUT2D eigenvalue weighted by molar-refractivity contribution is 5.98. The van der Waals surface area contributed by atoms with Gasteiger partial charge in [0.15, 0.2) is 11.5 Å². The van der Waals surface area contributed by atoms with Crippen LogP contribution in [0.15, 0.2) is 18.2 Å². The van der Waals surface area contributed by atoms with Crippen LogP contribution in [0, 0.1) is 5.92 Å². The molecule has 1 unspecified atom stereocenters. The van der Waals surface area contributed by atoms with Crippen LogP contribution < -0.4 is 14.8 Å². The van der Waals surface area contributed by atoms with Gasteiger partial charge in [0, 0.05) is 5.56 Å². The topological polar surface area (TPSA) is 73.9 Å². The number of ether oxygens (including phenoxy) is 3. The zero-order valence-corrected chi connectivity index (χ0v) is 16.7. The van der Waals surface area contributed by atoms with Crippen molar-refractivity contribution in [2.45, 2.75) is 52.5 Å². The Bertz CT molecular complexity index is 614. The van der Waals surface area contributed by atoms with Crippen molar-refractivity contribution in [2.24, 2.45) is 5.92 Å². The van der Waals surface area contributed by atoms with E-state index in [1.54, 1.807) is 25.1 Å². The summed E-state index contributed by atoms with van der Waals surface area (Å²) >= 11 is 0. The molecule has 0 aromatic heterocycles. The predicted molar refractivity (Wildman–Crippen MR) is 101 cm³/mol. The van der Waals surface area contributed by atoms with Crippen LogP contribution in [-0.4, -0.2) is 38.2 Å². The maximum Gasteiger partial charge on any atom is 0.331 e. The molecule has 0 aliphatic rings. The second-order valence-corrected chi connectivity index (χ2v) is 6.92. The molecule has 0 bridgehead atoms. The fourth-order valence-corrected chi connectivity index (χ4v) is 2.60. The summed E-state index contributed by atoms with van der Waals surface area (Å²) in [6.07, 6.45) is 2.15. The first-order valence-electron chi connectivity index (χ1n) is 8.99. The number of rotatable bonds is 10. The zero-order valence-electron chi connectivity index (χ0n) is 16.7. The SMILES string of the molecule is CCCC(C)(NC(=O)c1ccc(OCCC(C)C)c(OC)c1)C(=O)OC. The number of methoxy groups -OCH3 is 2. The molecule has 146 valence electrons. The lowest BCUT2D eigenvalue weighted by Crippen LogP contribution is -2.52. The van der Waals surface area contributed by atoms with Gasteiger partial charge < -0.3 is 19.5 Å². The smallest absolute Gasteiger partial charge is 0.331 e. The number of hydrogen-bond acceptors (Lipinski definition) is 5. The van der Waals surface area contributed by atoms with Crippen LogP contribution in [0.4, 0.5) is 0 Å². The van der Waals surface area contributed by atoms with E-state index >= 15 is 0 Å². The molecule has 1 atom stereocenters. The number of amides is 1. The van der Waals surface area contributed by atoms with Crippen molar-refractivity contribution in [1.82, 2.24) is 5.32 Å². The maximum atomic E-state index is 12.6. The summed E-state index contributed by atoms with van der Waals surface area (Å²) in [6, 6.07) is 4.99. The first-order chi connectivity index (χ1) is 12.3. The molecule has 1 N–H and O–H groups in total. The molecule has 0 fully saturated rings. The summed E-state index contributed by atoms with van der Waals surface area (Å²) in [5.74, 6) is 0.790. The molecule has 6 heteroatoms. The van der Waals surface area contributed by atoms with Gasteiger partial charge in [-0.3, -0.25) is 4.79 Å². The van der Waals surface area contributed by atoms with E-state index in [4.69, 9.17) is 14.2 Å². The van der Waals surface area contributed by atoms with E-state index in [9.17, 15) is 9.59 Å². The van der Waals surface area contributed by atoms with Crippen molar-refractivity contribution in [3.05, 3.63) is 23.8 Å². The maximum absolute atomic E-state index is 12.6. The molecular weight excluding hydrogens is 334 g/mol. The summed E-state index contributed by atoms with van der Waals surface area (Å²) in [7, 11) is 2.84. The van der Waals surface area contributed by atoms with Crippen LogP contribution in [0.25, 0.3) is 0 Å². The van der Waals surface area contributed by atoms with Gasteiger partial charge >= 0.3 is 5.97 Å². The largest absolute Gasteiger partial charge is 0.493 e. The van der Waals surface area contributed by atoms with Crippen LogP contribution in [0.5, 0.6) is 11.5 Å². The van der Waals surface area contributed by atoms with Gasteiger partial charge in [0.05, 0.1) is 20.8 Å². The Labute approximate surface area is 156 Å². The second-order valence-electron chi connectivity index (χ2n) is 6.92. The van der Waals surface area contributed by atoms with E-state index in [2.05, 4.69) is 19.2 Å². The van der Waals surface area contributed by atoms with Gasteiger partial charge in [0.2, 0.25) is 0 Å². The van der Waals surface area contributed by atoms with Gasteiger partial charge in [-0.05, 0) is 43.9 Å². The van der Waals surface area contributed by atoms with Crippen LogP contribution >= 0.6 is 0 Å². The molecule has 0 saturated carbocycles. The minimum atomic E-state index is -1.07. The second kappa shape index (κ2) is 10.0. The first kappa shape index (κ1) is 21.8. The Morgan fingerprint density at radius 2 is 1.88 bits per heavy atom. The average molecular weight is 365 g/mol. The normalized spacial score (nSPS) is 13.0. The van der Waals surface area contributed by atoms with Gasteiger partial charge in [-0.1, -0.05) is 27.2 Å². The van der Waals surface area contributed by atoms with Crippen molar-refractivity contribution < 1.29 is 23.8 Å². The molecule has 1 rings (SSSR count). The molecule has 6 nitrogen and oxygen atoms in total. The number of benzene rings is 1. The fourth-order valence-electron chi connectivity index (χ4n) is 2.60.